The molecule has 0 radical (unpaired) electrons. The highest BCUT2D eigenvalue weighted by Crippen LogP contribution is 2.38. The lowest BCUT2D eigenvalue weighted by Gasteiger charge is -2.22. The Labute approximate surface area is 129 Å². The molecule has 1 aliphatic heterocycles. The van der Waals surface area contributed by atoms with E-state index < -0.39 is 6.29 Å². The van der Waals surface area contributed by atoms with Crippen LogP contribution < -0.4 is 4.74 Å². The van der Waals surface area contributed by atoms with E-state index in [9.17, 15) is 4.79 Å². The lowest BCUT2D eigenvalue weighted by Crippen LogP contribution is -2.20. The van der Waals surface area contributed by atoms with Crippen molar-refractivity contribution < 1.29 is 19.0 Å². The minimum absolute atomic E-state index is 0.388. The Bertz CT molecular complexity index is 693. The monoisotopic (exact) mass is 298 g/mol. The van der Waals surface area contributed by atoms with Crippen LogP contribution in [0.5, 0.6) is 11.5 Å². The lowest BCUT2D eigenvalue weighted by molar-refractivity contribution is -0.0941. The number of para-hydroxylation sites is 1. The van der Waals surface area contributed by atoms with Crippen molar-refractivity contribution in [3.05, 3.63) is 59.2 Å². The molecular weight excluding hydrogens is 280 g/mol. The van der Waals surface area contributed by atoms with Crippen LogP contribution in [0.1, 0.15) is 35.3 Å². The van der Waals surface area contributed by atoms with Gasteiger partial charge in [0.15, 0.2) is 6.29 Å². The first-order chi connectivity index (χ1) is 10.7. The summed E-state index contributed by atoms with van der Waals surface area (Å²) in [6.07, 6.45) is 0.0879. The van der Waals surface area contributed by atoms with E-state index in [1.54, 1.807) is 19.1 Å². The predicted molar refractivity (Wildman–Crippen MR) is 82.3 cm³/mol. The van der Waals surface area contributed by atoms with Gasteiger partial charge in [0, 0.05) is 18.6 Å². The summed E-state index contributed by atoms with van der Waals surface area (Å²) in [6, 6.07) is 13.3. The molecule has 0 aliphatic carbocycles. The van der Waals surface area contributed by atoms with Crippen LogP contribution in [0.3, 0.4) is 0 Å². The van der Waals surface area contributed by atoms with Crippen molar-refractivity contribution in [2.24, 2.45) is 0 Å². The van der Waals surface area contributed by atoms with Gasteiger partial charge in [-0.2, -0.15) is 0 Å². The molecule has 3 rings (SSSR count). The molecule has 1 aliphatic rings. The standard InChI is InChI=1S/C18H18O4/c1-3-20-12(2)21-18(19)14-8-6-10-17-15(14)11-13-7-4-5-9-16(13)22-17/h4-10,12H,3,11H2,1-2H3. The van der Waals surface area contributed by atoms with Crippen LogP contribution >= 0.6 is 0 Å². The molecule has 1 atom stereocenters. The third-order valence-electron chi connectivity index (χ3n) is 3.59. The molecule has 0 saturated carbocycles. The molecule has 4 nitrogen and oxygen atoms in total. The average Bonchev–Trinajstić information content (AvgIpc) is 2.52. The van der Waals surface area contributed by atoms with Crippen molar-refractivity contribution in [2.75, 3.05) is 6.61 Å². The van der Waals surface area contributed by atoms with E-state index in [-0.39, 0.29) is 5.97 Å². The van der Waals surface area contributed by atoms with Gasteiger partial charge in [0.25, 0.3) is 0 Å². The highest BCUT2D eigenvalue weighted by Gasteiger charge is 2.23. The number of esters is 1. The normalized spacial score (nSPS) is 13.5. The molecule has 0 aromatic heterocycles. The number of ether oxygens (including phenoxy) is 3. The van der Waals surface area contributed by atoms with Gasteiger partial charge in [0.1, 0.15) is 11.5 Å². The number of hydrogen-bond acceptors (Lipinski definition) is 4. The number of benzene rings is 2. The van der Waals surface area contributed by atoms with Crippen molar-refractivity contribution >= 4 is 5.97 Å². The summed E-state index contributed by atoms with van der Waals surface area (Å²) < 4.78 is 16.5. The number of rotatable bonds is 4. The highest BCUT2D eigenvalue weighted by molar-refractivity contribution is 5.92. The third kappa shape index (κ3) is 2.83. The van der Waals surface area contributed by atoms with Crippen molar-refractivity contribution in [1.82, 2.24) is 0 Å². The van der Waals surface area contributed by atoms with Gasteiger partial charge >= 0.3 is 5.97 Å². The molecule has 0 saturated heterocycles. The molecule has 0 spiro atoms. The Morgan fingerprint density at radius 1 is 1.18 bits per heavy atom. The maximum absolute atomic E-state index is 12.4. The summed E-state index contributed by atoms with van der Waals surface area (Å²) in [7, 11) is 0. The zero-order chi connectivity index (χ0) is 15.5. The second kappa shape index (κ2) is 6.20. The molecule has 22 heavy (non-hydrogen) atoms. The van der Waals surface area contributed by atoms with Crippen molar-refractivity contribution in [3.8, 4) is 11.5 Å². The smallest absolute Gasteiger partial charge is 0.340 e. The molecule has 0 N–H and O–H groups in total. The lowest BCUT2D eigenvalue weighted by atomic mass is 9.96. The Kier molecular flexibility index (Phi) is 4.11. The Morgan fingerprint density at radius 3 is 2.77 bits per heavy atom. The van der Waals surface area contributed by atoms with E-state index >= 15 is 0 Å². The van der Waals surface area contributed by atoms with Crippen LogP contribution in [0.15, 0.2) is 42.5 Å². The topological polar surface area (TPSA) is 44.8 Å². The van der Waals surface area contributed by atoms with Crippen molar-refractivity contribution in [2.45, 2.75) is 26.6 Å². The number of carbonyl (C=O) groups excluding carboxylic acids is 1. The van der Waals surface area contributed by atoms with Gasteiger partial charge in [-0.15, -0.1) is 0 Å². The van der Waals surface area contributed by atoms with Gasteiger partial charge in [-0.1, -0.05) is 24.3 Å². The number of carbonyl (C=O) groups is 1. The zero-order valence-electron chi connectivity index (χ0n) is 12.7. The zero-order valence-corrected chi connectivity index (χ0v) is 12.7. The molecule has 1 unspecified atom stereocenters. The molecular formula is C18H18O4. The molecule has 0 amide bonds. The summed E-state index contributed by atoms with van der Waals surface area (Å²) in [5.41, 5.74) is 2.45. The summed E-state index contributed by atoms with van der Waals surface area (Å²) in [5.74, 6) is 1.15. The SMILES string of the molecule is CCOC(C)OC(=O)c1cccc2c1Cc1ccccc1O2. The van der Waals surface area contributed by atoms with Crippen molar-refractivity contribution in [1.29, 1.82) is 0 Å². The first-order valence-corrected chi connectivity index (χ1v) is 7.39. The van der Waals surface area contributed by atoms with E-state index in [1.807, 2.05) is 37.3 Å². The van der Waals surface area contributed by atoms with Crippen LogP contribution in [-0.2, 0) is 15.9 Å². The fourth-order valence-electron chi connectivity index (χ4n) is 2.58. The van der Waals surface area contributed by atoms with Gasteiger partial charge < -0.3 is 14.2 Å². The molecule has 1 heterocycles. The number of fused-ring (bicyclic) bond motifs is 2. The Balaban J connectivity index is 1.88. The molecule has 0 fully saturated rings. The second-order valence-corrected chi connectivity index (χ2v) is 5.10. The largest absolute Gasteiger partial charge is 0.457 e. The van der Waals surface area contributed by atoms with E-state index in [1.165, 1.54) is 0 Å². The second-order valence-electron chi connectivity index (χ2n) is 5.10. The van der Waals surface area contributed by atoms with E-state index in [0.29, 0.717) is 24.3 Å². The van der Waals surface area contributed by atoms with E-state index in [0.717, 1.165) is 16.9 Å². The quantitative estimate of drug-likeness (QED) is 0.541. The first-order valence-electron chi connectivity index (χ1n) is 7.39. The highest BCUT2D eigenvalue weighted by atomic mass is 16.7. The minimum Gasteiger partial charge on any atom is -0.457 e. The Hall–Kier alpha value is -2.33. The predicted octanol–water partition coefficient (Wildman–Crippen LogP) is 3.92. The summed E-state index contributed by atoms with van der Waals surface area (Å²) in [5, 5.41) is 0. The van der Waals surface area contributed by atoms with Gasteiger partial charge in [0.2, 0.25) is 0 Å². The van der Waals surface area contributed by atoms with E-state index in [2.05, 4.69) is 0 Å². The van der Waals surface area contributed by atoms with Gasteiger partial charge in [-0.25, -0.2) is 4.79 Å². The fraction of sp³-hybridized carbons (Fsp3) is 0.278. The summed E-state index contributed by atoms with van der Waals surface area (Å²) >= 11 is 0. The van der Waals surface area contributed by atoms with Gasteiger partial charge in [-0.05, 0) is 37.6 Å². The molecule has 4 heteroatoms. The Morgan fingerprint density at radius 2 is 1.95 bits per heavy atom. The van der Waals surface area contributed by atoms with Crippen LogP contribution in [0.4, 0.5) is 0 Å². The van der Waals surface area contributed by atoms with Gasteiger partial charge in [-0.3, -0.25) is 0 Å². The molecule has 114 valence electrons. The first kappa shape index (κ1) is 14.6. The van der Waals surface area contributed by atoms with Crippen LogP contribution in [-0.4, -0.2) is 18.9 Å². The molecule has 2 aromatic rings. The minimum atomic E-state index is -0.565. The fourth-order valence-corrected chi connectivity index (χ4v) is 2.58. The van der Waals surface area contributed by atoms with Crippen LogP contribution in [0.25, 0.3) is 0 Å². The molecule has 2 aromatic carbocycles. The van der Waals surface area contributed by atoms with Crippen LogP contribution in [0, 0.1) is 0 Å². The average molecular weight is 298 g/mol. The summed E-state index contributed by atoms with van der Waals surface area (Å²) in [4.78, 5) is 12.4. The van der Waals surface area contributed by atoms with Gasteiger partial charge in [0.05, 0.1) is 5.56 Å². The molecule has 0 bridgehead atoms. The maximum Gasteiger partial charge on any atom is 0.340 e. The van der Waals surface area contributed by atoms with E-state index in [4.69, 9.17) is 14.2 Å². The third-order valence-corrected chi connectivity index (χ3v) is 3.59. The maximum atomic E-state index is 12.4. The summed E-state index contributed by atoms with van der Waals surface area (Å²) in [6.45, 7) is 4.07. The van der Waals surface area contributed by atoms with Crippen molar-refractivity contribution in [3.63, 3.8) is 0 Å². The van der Waals surface area contributed by atoms with Crippen LogP contribution in [0.2, 0.25) is 0 Å². The number of hydrogen-bond donors (Lipinski definition) is 0.